The molecule has 0 saturated heterocycles. The van der Waals surface area contributed by atoms with Crippen LogP contribution in [0.2, 0.25) is 0 Å². The molecule has 0 saturated carbocycles. The van der Waals surface area contributed by atoms with Crippen molar-refractivity contribution in [1.29, 1.82) is 0 Å². The minimum Gasteiger partial charge on any atom is -0.455 e. The van der Waals surface area contributed by atoms with Crippen molar-refractivity contribution in [2.45, 2.75) is 0 Å². The molecule has 0 fully saturated rings. The molecule has 50 heavy (non-hydrogen) atoms. The Morgan fingerprint density at radius 1 is 0.380 bits per heavy atom. The number of hydrogen-bond acceptors (Lipinski definition) is 2. The average Bonchev–Trinajstić information content (AvgIpc) is 3.88. The lowest BCUT2D eigenvalue weighted by molar-refractivity contribution is 0.627. The zero-order chi connectivity index (χ0) is 45.8. The Balaban J connectivity index is 1.41. The van der Waals surface area contributed by atoms with Gasteiger partial charge in [0.2, 0.25) is 0 Å². The van der Waals surface area contributed by atoms with Crippen LogP contribution in [-0.4, -0.2) is 0 Å². The van der Waals surface area contributed by atoms with Gasteiger partial charge in [0.15, 0.2) is 0 Å². The molecular weight excluding hydrogens is 609 g/mol. The summed E-state index contributed by atoms with van der Waals surface area (Å²) in [5.74, 6) is 0.179. The molecule has 11 aromatic rings. The number of fused-ring (bicyclic) bond motifs is 9. The van der Waals surface area contributed by atoms with E-state index in [9.17, 15) is 8.22 Å². The van der Waals surface area contributed by atoms with Crippen molar-refractivity contribution < 1.29 is 29.4 Å². The molecule has 2 nitrogen and oxygen atoms in total. The van der Waals surface area contributed by atoms with Gasteiger partial charge in [-0.05, 0) is 78.5 Å². The molecule has 11 rings (SSSR count). The molecule has 2 heterocycles. The lowest BCUT2D eigenvalue weighted by Gasteiger charge is -2.18. The monoisotopic (exact) mass is 651 g/mol. The summed E-state index contributed by atoms with van der Waals surface area (Å²) in [6, 6.07) is 13.9. The van der Waals surface area contributed by atoms with E-state index in [-0.39, 0.29) is 77.1 Å². The molecule has 2 heteroatoms. The van der Waals surface area contributed by atoms with Crippen LogP contribution in [0.15, 0.2) is 178 Å². The smallest absolute Gasteiger partial charge is 0.147 e. The van der Waals surface area contributed by atoms with Gasteiger partial charge in [0.05, 0.1) is 26.1 Å². The molecule has 0 N–H and O–H groups in total. The van der Waals surface area contributed by atoms with E-state index in [2.05, 4.69) is 0 Å². The van der Waals surface area contributed by atoms with E-state index < -0.39 is 84.6 Å². The minimum atomic E-state index is -0.684. The van der Waals surface area contributed by atoms with Gasteiger partial charge in [-0.3, -0.25) is 0 Å². The Morgan fingerprint density at radius 3 is 1.74 bits per heavy atom. The standard InChI is InChI=1S/C48H28O2/c1-2-13-32-29(12-1)24-25-30-26-27-31(28-41(30)32)44-34-15-3-5-17-36(34)45(37-18-6-4-16-35(37)44)46-39-19-8-10-23-43(39)50-48(46)40-21-11-20-38-33-14-7-9-22-42(33)49-47(38)40/h1-28H/i1D,2D,3D,4D,5D,6D,12D,15D,16D,17D,18D,24D,25D,26D,27D. The van der Waals surface area contributed by atoms with Crippen LogP contribution in [0.4, 0.5) is 0 Å². The summed E-state index contributed by atoms with van der Waals surface area (Å²) in [6.07, 6.45) is 0. The van der Waals surface area contributed by atoms with Crippen LogP contribution in [0.1, 0.15) is 20.6 Å². The zero-order valence-corrected chi connectivity index (χ0v) is 25.8. The quantitative estimate of drug-likeness (QED) is 0.140. The highest BCUT2D eigenvalue weighted by Gasteiger charge is 2.26. The van der Waals surface area contributed by atoms with Crippen molar-refractivity contribution in [1.82, 2.24) is 0 Å². The zero-order valence-electron chi connectivity index (χ0n) is 40.8. The predicted molar refractivity (Wildman–Crippen MR) is 210 cm³/mol. The van der Waals surface area contributed by atoms with Crippen LogP contribution < -0.4 is 0 Å². The van der Waals surface area contributed by atoms with Gasteiger partial charge in [0.1, 0.15) is 22.5 Å². The number of rotatable bonds is 3. The first-order chi connectivity index (χ1) is 31.0. The topological polar surface area (TPSA) is 26.3 Å². The first-order valence-corrected chi connectivity index (χ1v) is 15.9. The third kappa shape index (κ3) is 3.85. The maximum atomic E-state index is 9.64. The highest BCUT2D eigenvalue weighted by atomic mass is 16.3. The van der Waals surface area contributed by atoms with Crippen molar-refractivity contribution in [3.63, 3.8) is 0 Å². The van der Waals surface area contributed by atoms with Crippen molar-refractivity contribution in [3.8, 4) is 33.6 Å². The van der Waals surface area contributed by atoms with Crippen molar-refractivity contribution in [3.05, 3.63) is 169 Å². The fourth-order valence-electron chi connectivity index (χ4n) is 7.23. The Morgan fingerprint density at radius 2 is 0.980 bits per heavy atom. The lowest BCUT2D eigenvalue weighted by Crippen LogP contribution is -1.92. The molecule has 2 aromatic heterocycles. The van der Waals surface area contributed by atoms with Gasteiger partial charge < -0.3 is 8.83 Å². The molecule has 0 aliphatic rings. The molecule has 0 spiro atoms. The fraction of sp³-hybridized carbons (Fsp3) is 0. The largest absolute Gasteiger partial charge is 0.455 e. The second-order valence-corrected chi connectivity index (χ2v) is 12.0. The summed E-state index contributed by atoms with van der Waals surface area (Å²) in [6.45, 7) is 0. The van der Waals surface area contributed by atoms with Gasteiger partial charge in [-0.25, -0.2) is 0 Å². The second kappa shape index (κ2) is 10.4. The third-order valence-corrected chi connectivity index (χ3v) is 9.37. The van der Waals surface area contributed by atoms with Crippen molar-refractivity contribution in [2.75, 3.05) is 0 Å². The lowest BCUT2D eigenvalue weighted by atomic mass is 9.84. The van der Waals surface area contributed by atoms with Gasteiger partial charge in [0.25, 0.3) is 0 Å². The first-order valence-electron chi connectivity index (χ1n) is 23.4. The van der Waals surface area contributed by atoms with Crippen LogP contribution in [0.5, 0.6) is 0 Å². The van der Waals surface area contributed by atoms with Gasteiger partial charge in [-0.15, -0.1) is 0 Å². The molecular formula is C48H28O2. The van der Waals surface area contributed by atoms with Crippen LogP contribution >= 0.6 is 0 Å². The predicted octanol–water partition coefficient (Wildman–Crippen LogP) is 13.9. The molecule has 0 aliphatic carbocycles. The number of para-hydroxylation sites is 3. The van der Waals surface area contributed by atoms with Crippen molar-refractivity contribution >= 4 is 76.0 Å². The van der Waals surface area contributed by atoms with Crippen LogP contribution in [-0.2, 0) is 0 Å². The van der Waals surface area contributed by atoms with Gasteiger partial charge >= 0.3 is 0 Å². The van der Waals surface area contributed by atoms with Crippen molar-refractivity contribution in [2.24, 2.45) is 0 Å². The van der Waals surface area contributed by atoms with Gasteiger partial charge in [-0.1, -0.05) is 145 Å². The molecule has 0 unspecified atom stereocenters. The molecule has 0 radical (unpaired) electrons. The van der Waals surface area contributed by atoms with Crippen LogP contribution in [0.25, 0.3) is 110 Å². The van der Waals surface area contributed by atoms with E-state index in [4.69, 9.17) is 21.2 Å². The van der Waals surface area contributed by atoms with E-state index in [0.717, 1.165) is 10.8 Å². The molecule has 0 bridgehead atoms. The van der Waals surface area contributed by atoms with Crippen LogP contribution in [0, 0.1) is 0 Å². The summed E-state index contributed by atoms with van der Waals surface area (Å²) >= 11 is 0. The van der Waals surface area contributed by atoms with E-state index in [0.29, 0.717) is 27.7 Å². The maximum absolute atomic E-state index is 9.64. The Labute approximate surface area is 308 Å². The molecule has 9 aromatic carbocycles. The van der Waals surface area contributed by atoms with E-state index in [1.54, 1.807) is 30.3 Å². The second-order valence-electron chi connectivity index (χ2n) is 12.0. The SMILES string of the molecule is [2H]c1cc2c(c([2H])c1[2H])c([2H])c([2H])c1c([2H])c([2H])c(-c3c4c([2H])c([2H])c([2H])c([2H])c4c(-c4c(-c5cccc6c5oc5ccccc56)oc5ccccc45)c4c([2H])c([2H])c([2H])c([2H])c34)cc12. The van der Waals surface area contributed by atoms with E-state index >= 15 is 0 Å². The summed E-state index contributed by atoms with van der Waals surface area (Å²) in [4.78, 5) is 0. The Kier molecular flexibility index (Phi) is 3.47. The minimum absolute atomic E-state index is 0.0114. The van der Waals surface area contributed by atoms with Gasteiger partial charge in [-0.2, -0.15) is 0 Å². The first kappa shape index (κ1) is 16.6. The molecule has 0 atom stereocenters. The summed E-state index contributed by atoms with van der Waals surface area (Å²) in [7, 11) is 0. The molecule has 0 amide bonds. The third-order valence-electron chi connectivity index (χ3n) is 9.37. The highest BCUT2D eigenvalue weighted by Crippen LogP contribution is 2.51. The normalized spacial score (nSPS) is 16.2. The highest BCUT2D eigenvalue weighted by molar-refractivity contribution is 6.26. The average molecular weight is 652 g/mol. The number of hydrogen-bond donors (Lipinski definition) is 0. The Hall–Kier alpha value is -6.64. The molecule has 232 valence electrons. The number of furan rings is 2. The molecule has 0 aliphatic heterocycles. The van der Waals surface area contributed by atoms with E-state index in [1.807, 2.05) is 36.4 Å². The summed E-state index contributed by atoms with van der Waals surface area (Å²) in [5, 5.41) is 0.919. The number of benzene rings is 9. The maximum Gasteiger partial charge on any atom is 0.147 e. The van der Waals surface area contributed by atoms with E-state index in [1.165, 1.54) is 12.1 Å². The van der Waals surface area contributed by atoms with Crippen LogP contribution in [0.3, 0.4) is 0 Å². The fourth-order valence-corrected chi connectivity index (χ4v) is 7.23. The Bertz CT molecular complexity index is 3940. The summed E-state index contributed by atoms with van der Waals surface area (Å²) < 4.78 is 150. The summed E-state index contributed by atoms with van der Waals surface area (Å²) in [5.41, 5.74) is 1.61. The van der Waals surface area contributed by atoms with Gasteiger partial charge in [0, 0.05) is 27.3 Å².